The molecule has 2 unspecified atom stereocenters. The first-order valence-corrected chi connectivity index (χ1v) is 4.11. The number of hydrogen-bond donors (Lipinski definition) is 1. The topological polar surface area (TPSA) is 35.8 Å². The van der Waals surface area contributed by atoms with E-state index >= 15 is 0 Å². The number of alkyl halides is 3. The van der Waals surface area contributed by atoms with Crippen molar-refractivity contribution < 1.29 is 13.2 Å². The summed E-state index contributed by atoms with van der Waals surface area (Å²) in [7, 11) is 0. The van der Waals surface area contributed by atoms with E-state index in [4.69, 9.17) is 5.26 Å². The van der Waals surface area contributed by atoms with Gasteiger partial charge in [-0.05, 0) is 13.3 Å². The Balaban J connectivity index is 3.96. The van der Waals surface area contributed by atoms with Gasteiger partial charge in [-0.25, -0.2) is 0 Å². The highest BCUT2D eigenvalue weighted by Crippen LogP contribution is 2.24. The third kappa shape index (κ3) is 4.73. The van der Waals surface area contributed by atoms with Crippen LogP contribution in [0.4, 0.5) is 13.2 Å². The molecule has 0 aliphatic rings. The summed E-state index contributed by atoms with van der Waals surface area (Å²) in [4.78, 5) is 0. The number of halogens is 3. The smallest absolute Gasteiger partial charge is 0.313 e. The Kier molecular flexibility index (Phi) is 4.78. The SMILES string of the molecule is CCC(C)NCC(C#N)C(F)(F)F. The van der Waals surface area contributed by atoms with Crippen LogP contribution in [0.2, 0.25) is 0 Å². The van der Waals surface area contributed by atoms with Crippen molar-refractivity contribution in [3.63, 3.8) is 0 Å². The van der Waals surface area contributed by atoms with Gasteiger partial charge in [-0.1, -0.05) is 6.92 Å². The normalized spacial score (nSPS) is 16.3. The average molecular weight is 194 g/mol. The molecule has 0 saturated heterocycles. The van der Waals surface area contributed by atoms with Crippen molar-refractivity contribution in [2.45, 2.75) is 32.5 Å². The van der Waals surface area contributed by atoms with E-state index in [1.54, 1.807) is 6.92 Å². The van der Waals surface area contributed by atoms with Crippen LogP contribution in [0.3, 0.4) is 0 Å². The van der Waals surface area contributed by atoms with Crippen LogP contribution in [0.1, 0.15) is 20.3 Å². The van der Waals surface area contributed by atoms with Crippen molar-refractivity contribution in [2.75, 3.05) is 6.54 Å². The number of nitriles is 1. The van der Waals surface area contributed by atoms with Gasteiger partial charge in [0.25, 0.3) is 0 Å². The molecule has 0 aliphatic carbocycles. The molecular weight excluding hydrogens is 181 g/mol. The van der Waals surface area contributed by atoms with Gasteiger partial charge in [0.15, 0.2) is 5.92 Å². The maximum atomic E-state index is 12.0. The second-order valence-corrected chi connectivity index (χ2v) is 2.94. The fourth-order valence-corrected chi connectivity index (χ4v) is 0.698. The van der Waals surface area contributed by atoms with E-state index in [9.17, 15) is 13.2 Å². The van der Waals surface area contributed by atoms with Crippen molar-refractivity contribution >= 4 is 0 Å². The van der Waals surface area contributed by atoms with Crippen molar-refractivity contribution in [3.05, 3.63) is 0 Å². The van der Waals surface area contributed by atoms with Gasteiger partial charge in [0.05, 0.1) is 6.07 Å². The van der Waals surface area contributed by atoms with Gasteiger partial charge in [-0.3, -0.25) is 0 Å². The molecule has 2 atom stereocenters. The monoisotopic (exact) mass is 194 g/mol. The first kappa shape index (κ1) is 12.2. The predicted octanol–water partition coefficient (Wildman–Crippen LogP) is 2.08. The molecule has 13 heavy (non-hydrogen) atoms. The molecule has 0 aromatic rings. The molecule has 0 bridgehead atoms. The molecule has 1 N–H and O–H groups in total. The number of rotatable bonds is 4. The second-order valence-electron chi connectivity index (χ2n) is 2.94. The molecule has 0 fully saturated rings. The van der Waals surface area contributed by atoms with Gasteiger partial charge in [0, 0.05) is 12.6 Å². The molecule has 76 valence electrons. The summed E-state index contributed by atoms with van der Waals surface area (Å²) in [5.74, 6) is -1.90. The maximum Gasteiger partial charge on any atom is 0.405 e. The summed E-state index contributed by atoms with van der Waals surface area (Å²) in [6.07, 6.45) is -3.68. The van der Waals surface area contributed by atoms with Crippen LogP contribution in [0.15, 0.2) is 0 Å². The van der Waals surface area contributed by atoms with E-state index in [2.05, 4.69) is 5.32 Å². The van der Waals surface area contributed by atoms with E-state index in [0.29, 0.717) is 0 Å². The van der Waals surface area contributed by atoms with E-state index in [-0.39, 0.29) is 12.6 Å². The van der Waals surface area contributed by atoms with Gasteiger partial charge in [0.2, 0.25) is 0 Å². The van der Waals surface area contributed by atoms with Crippen LogP contribution < -0.4 is 5.32 Å². The first-order valence-electron chi connectivity index (χ1n) is 4.11. The van der Waals surface area contributed by atoms with Crippen molar-refractivity contribution in [2.24, 2.45) is 5.92 Å². The molecule has 0 aliphatic heterocycles. The van der Waals surface area contributed by atoms with Crippen LogP contribution in [-0.4, -0.2) is 18.8 Å². The van der Waals surface area contributed by atoms with Gasteiger partial charge in [0.1, 0.15) is 0 Å². The summed E-state index contributed by atoms with van der Waals surface area (Å²) in [5, 5.41) is 10.9. The first-order chi connectivity index (χ1) is 5.91. The molecule has 0 radical (unpaired) electrons. The summed E-state index contributed by atoms with van der Waals surface area (Å²) >= 11 is 0. The lowest BCUT2D eigenvalue weighted by atomic mass is 10.1. The minimum atomic E-state index is -4.42. The van der Waals surface area contributed by atoms with Gasteiger partial charge in [-0.15, -0.1) is 0 Å². The number of hydrogen-bond acceptors (Lipinski definition) is 2. The highest BCUT2D eigenvalue weighted by molar-refractivity contribution is 4.90. The highest BCUT2D eigenvalue weighted by Gasteiger charge is 2.39. The zero-order chi connectivity index (χ0) is 10.5. The Morgan fingerprint density at radius 2 is 2.00 bits per heavy atom. The van der Waals surface area contributed by atoms with Crippen LogP contribution >= 0.6 is 0 Å². The van der Waals surface area contributed by atoms with E-state index in [1.165, 1.54) is 6.07 Å². The lowest BCUT2D eigenvalue weighted by molar-refractivity contribution is -0.157. The second kappa shape index (κ2) is 5.07. The molecule has 0 saturated carbocycles. The predicted molar refractivity (Wildman–Crippen MR) is 42.9 cm³/mol. The fourth-order valence-electron chi connectivity index (χ4n) is 0.698. The van der Waals surface area contributed by atoms with E-state index < -0.39 is 12.1 Å². The maximum absolute atomic E-state index is 12.0. The largest absolute Gasteiger partial charge is 0.405 e. The van der Waals surface area contributed by atoms with Crippen LogP contribution in [0, 0.1) is 17.2 Å². The van der Waals surface area contributed by atoms with Crippen molar-refractivity contribution in [1.29, 1.82) is 5.26 Å². The highest BCUT2D eigenvalue weighted by atomic mass is 19.4. The Morgan fingerprint density at radius 3 is 2.31 bits per heavy atom. The molecule has 2 nitrogen and oxygen atoms in total. The summed E-state index contributed by atoms with van der Waals surface area (Å²) in [5.41, 5.74) is 0. The third-order valence-corrected chi connectivity index (χ3v) is 1.83. The quantitative estimate of drug-likeness (QED) is 0.743. The molecule has 0 heterocycles. The molecule has 0 aromatic carbocycles. The van der Waals surface area contributed by atoms with E-state index in [1.807, 2.05) is 6.92 Å². The summed E-state index contributed by atoms with van der Waals surface area (Å²) < 4.78 is 36.0. The van der Waals surface area contributed by atoms with Crippen LogP contribution in [0.25, 0.3) is 0 Å². The molecule has 0 spiro atoms. The fraction of sp³-hybridized carbons (Fsp3) is 0.875. The molecule has 0 aromatic heterocycles. The molecule has 0 amide bonds. The van der Waals surface area contributed by atoms with Crippen LogP contribution in [0.5, 0.6) is 0 Å². The number of nitrogens with zero attached hydrogens (tertiary/aromatic N) is 1. The molecular formula is C8H13F3N2. The minimum absolute atomic E-state index is 0.0122. The van der Waals surface area contributed by atoms with Gasteiger partial charge in [-0.2, -0.15) is 18.4 Å². The lowest BCUT2D eigenvalue weighted by Gasteiger charge is -2.16. The van der Waals surface area contributed by atoms with Gasteiger partial charge < -0.3 is 5.32 Å². The van der Waals surface area contributed by atoms with E-state index in [0.717, 1.165) is 6.42 Å². The Morgan fingerprint density at radius 1 is 1.46 bits per heavy atom. The standard InChI is InChI=1S/C8H13F3N2/c1-3-6(2)13-5-7(4-12)8(9,10)11/h6-7,13H,3,5H2,1-2H3. The minimum Gasteiger partial charge on any atom is -0.313 e. The van der Waals surface area contributed by atoms with Gasteiger partial charge >= 0.3 is 6.18 Å². The van der Waals surface area contributed by atoms with Crippen molar-refractivity contribution in [1.82, 2.24) is 5.32 Å². The Hall–Kier alpha value is -0.760. The lowest BCUT2D eigenvalue weighted by Crippen LogP contribution is -2.36. The third-order valence-electron chi connectivity index (χ3n) is 1.83. The Labute approximate surface area is 75.7 Å². The molecule has 0 rings (SSSR count). The zero-order valence-corrected chi connectivity index (χ0v) is 7.65. The molecule has 5 heteroatoms. The Bertz CT molecular complexity index is 183. The number of nitrogens with one attached hydrogen (secondary N) is 1. The van der Waals surface area contributed by atoms with Crippen molar-refractivity contribution in [3.8, 4) is 6.07 Å². The summed E-state index contributed by atoms with van der Waals surface area (Å²) in [6.45, 7) is 3.33. The summed E-state index contributed by atoms with van der Waals surface area (Å²) in [6, 6.07) is 1.25. The zero-order valence-electron chi connectivity index (χ0n) is 7.65. The average Bonchev–Trinajstić information content (AvgIpc) is 2.02. The van der Waals surface area contributed by atoms with Crippen LogP contribution in [-0.2, 0) is 0 Å².